The summed E-state index contributed by atoms with van der Waals surface area (Å²) in [6.45, 7) is 10.4. The third-order valence-electron chi connectivity index (χ3n) is 7.31. The van der Waals surface area contributed by atoms with E-state index in [0.717, 1.165) is 59.3 Å². The number of hydrogen-bond donors (Lipinski definition) is 3. The molecule has 4 heterocycles. The Balaban J connectivity index is 1.46. The number of carbonyl (C=O) groups is 2. The molecule has 11 heteroatoms. The summed E-state index contributed by atoms with van der Waals surface area (Å²) < 4.78 is 1.40. The van der Waals surface area contributed by atoms with E-state index >= 15 is 0 Å². The second-order valence-corrected chi connectivity index (χ2v) is 11.8. The van der Waals surface area contributed by atoms with Gasteiger partial charge in [0.15, 0.2) is 0 Å². The van der Waals surface area contributed by atoms with Crippen LogP contribution in [0, 0.1) is 6.92 Å². The number of hydrogen-bond acceptors (Lipinski definition) is 8. The van der Waals surface area contributed by atoms with E-state index in [1.54, 1.807) is 18.6 Å². The van der Waals surface area contributed by atoms with Gasteiger partial charge in [-0.2, -0.15) is 0 Å². The number of thioether (sulfide) groups is 1. The van der Waals surface area contributed by atoms with Crippen molar-refractivity contribution in [3.05, 3.63) is 86.8 Å². The highest BCUT2D eigenvalue weighted by Crippen LogP contribution is 2.30. The number of aryl methyl sites for hydroxylation is 3. The molecule has 0 bridgehead atoms. The molecule has 1 unspecified atom stereocenters. The summed E-state index contributed by atoms with van der Waals surface area (Å²) >= 11 is 1.24. The van der Waals surface area contributed by atoms with E-state index in [2.05, 4.69) is 46.0 Å². The molecule has 226 valence electrons. The number of nitrogens with zero attached hydrogens (tertiary/aromatic N) is 4. The molecule has 0 saturated heterocycles. The van der Waals surface area contributed by atoms with Gasteiger partial charge in [0.05, 0.1) is 11.1 Å². The topological polar surface area (TPSA) is 145 Å². The first kappa shape index (κ1) is 31.7. The smallest absolute Gasteiger partial charge is 0.278 e. The third-order valence-corrected chi connectivity index (χ3v) is 8.36. The van der Waals surface area contributed by atoms with Gasteiger partial charge in [-0.25, -0.2) is 9.97 Å². The molecule has 1 atom stereocenters. The van der Waals surface area contributed by atoms with E-state index in [1.165, 1.54) is 22.5 Å². The quantitative estimate of drug-likeness (QED) is 0.183. The standard InChI is InChI=1S/C32H39N7O3S/c1-5-7-9-22(15-24-18-35-28(33)14-20(24)3)16-37-31(41)26-10-11-29-36-19-25(32(42)39(26)29)38-30(40)21(4)43-27-12-13-34-17-23(27)8-6-2/h12-15,17-19,26H,4-11,16H2,1-3H3,(H2,33,35)(H,37,41)(H,38,40)/b22-15+. The summed E-state index contributed by atoms with van der Waals surface area (Å²) in [5, 5.41) is 5.68. The summed E-state index contributed by atoms with van der Waals surface area (Å²) in [6.07, 6.45) is 14.1. The number of aromatic nitrogens is 4. The minimum absolute atomic E-state index is 0.00793. The Morgan fingerprint density at radius 2 is 2.02 bits per heavy atom. The van der Waals surface area contributed by atoms with Gasteiger partial charge in [0.25, 0.3) is 11.5 Å². The molecule has 2 amide bonds. The van der Waals surface area contributed by atoms with Gasteiger partial charge in [-0.1, -0.05) is 56.7 Å². The molecule has 0 fully saturated rings. The van der Waals surface area contributed by atoms with Crippen LogP contribution in [0.15, 0.2) is 63.7 Å². The zero-order chi connectivity index (χ0) is 30.9. The van der Waals surface area contributed by atoms with Crippen molar-refractivity contribution in [3.63, 3.8) is 0 Å². The van der Waals surface area contributed by atoms with Crippen molar-refractivity contribution >= 4 is 41.2 Å². The molecule has 1 aliphatic rings. The molecular formula is C32H39N7O3S. The minimum atomic E-state index is -0.717. The zero-order valence-corrected chi connectivity index (χ0v) is 25.8. The number of nitrogen functional groups attached to an aromatic ring is 1. The predicted octanol–water partition coefficient (Wildman–Crippen LogP) is 5.00. The van der Waals surface area contributed by atoms with Crippen LogP contribution in [0.4, 0.5) is 11.5 Å². The number of pyridine rings is 2. The summed E-state index contributed by atoms with van der Waals surface area (Å²) in [6, 6.07) is 2.95. The average molecular weight is 602 g/mol. The average Bonchev–Trinajstić information content (AvgIpc) is 3.43. The molecule has 0 spiro atoms. The lowest BCUT2D eigenvalue weighted by Gasteiger charge is -2.17. The molecule has 0 aliphatic carbocycles. The molecule has 0 aromatic carbocycles. The van der Waals surface area contributed by atoms with Crippen molar-refractivity contribution in [2.24, 2.45) is 0 Å². The lowest BCUT2D eigenvalue weighted by Crippen LogP contribution is -2.37. The summed E-state index contributed by atoms with van der Waals surface area (Å²) in [5.74, 6) is 0.218. The minimum Gasteiger partial charge on any atom is -0.384 e. The first-order chi connectivity index (χ1) is 20.7. The third kappa shape index (κ3) is 7.98. The molecule has 43 heavy (non-hydrogen) atoms. The first-order valence-corrected chi connectivity index (χ1v) is 15.4. The van der Waals surface area contributed by atoms with Crippen LogP contribution in [0.3, 0.4) is 0 Å². The fourth-order valence-electron chi connectivity index (χ4n) is 4.97. The van der Waals surface area contributed by atoms with Crippen molar-refractivity contribution in [2.45, 2.75) is 76.7 Å². The number of fused-ring (bicyclic) bond motifs is 1. The lowest BCUT2D eigenvalue weighted by atomic mass is 10.0. The second kappa shape index (κ2) is 14.8. The molecule has 0 radical (unpaired) electrons. The lowest BCUT2D eigenvalue weighted by molar-refractivity contribution is -0.124. The fraction of sp³-hybridized carbons (Fsp3) is 0.375. The largest absolute Gasteiger partial charge is 0.384 e. The molecule has 3 aromatic rings. The van der Waals surface area contributed by atoms with Gasteiger partial charge in [-0.15, -0.1) is 0 Å². The van der Waals surface area contributed by atoms with Gasteiger partial charge >= 0.3 is 0 Å². The van der Waals surface area contributed by atoms with Crippen molar-refractivity contribution in [1.29, 1.82) is 0 Å². The maximum absolute atomic E-state index is 13.5. The van der Waals surface area contributed by atoms with Crippen LogP contribution in [0.25, 0.3) is 6.08 Å². The molecule has 10 nitrogen and oxygen atoms in total. The van der Waals surface area contributed by atoms with Crippen LogP contribution >= 0.6 is 11.8 Å². The molecule has 4 rings (SSSR count). The van der Waals surface area contributed by atoms with E-state index in [1.807, 2.05) is 25.1 Å². The van der Waals surface area contributed by atoms with Crippen molar-refractivity contribution in [3.8, 4) is 0 Å². The number of anilines is 2. The molecule has 3 aromatic heterocycles. The van der Waals surface area contributed by atoms with E-state index in [0.29, 0.717) is 31.0 Å². The maximum Gasteiger partial charge on any atom is 0.278 e. The number of unbranched alkanes of at least 4 members (excludes halogenated alkanes) is 1. The van der Waals surface area contributed by atoms with Gasteiger partial charge in [-0.3, -0.25) is 23.9 Å². The zero-order valence-electron chi connectivity index (χ0n) is 25.0. The molecule has 0 saturated carbocycles. The number of amides is 2. The SMILES string of the molecule is C=C(Sc1ccncc1CCC)C(=O)Nc1cnc2n(c1=O)C(C(=O)NC/C(=C/c1cnc(N)cc1C)CCCC)CC2. The number of nitrogens with two attached hydrogens (primary N) is 1. The normalized spacial score (nSPS) is 14.3. The van der Waals surface area contributed by atoms with Crippen LogP contribution in [-0.4, -0.2) is 37.9 Å². The monoisotopic (exact) mass is 601 g/mol. The van der Waals surface area contributed by atoms with Gasteiger partial charge < -0.3 is 16.4 Å². The van der Waals surface area contributed by atoms with Crippen molar-refractivity contribution in [2.75, 3.05) is 17.6 Å². The van der Waals surface area contributed by atoms with Gasteiger partial charge in [0.2, 0.25) is 5.91 Å². The van der Waals surface area contributed by atoms with Crippen LogP contribution in [0.1, 0.15) is 74.5 Å². The Bertz CT molecular complexity index is 1600. The Morgan fingerprint density at radius 1 is 1.21 bits per heavy atom. The van der Waals surface area contributed by atoms with E-state index < -0.39 is 17.5 Å². The van der Waals surface area contributed by atoms with Gasteiger partial charge in [-0.05, 0) is 61.4 Å². The highest BCUT2D eigenvalue weighted by atomic mass is 32.2. The van der Waals surface area contributed by atoms with E-state index in [4.69, 9.17) is 5.73 Å². The second-order valence-electron chi connectivity index (χ2n) is 10.6. The summed E-state index contributed by atoms with van der Waals surface area (Å²) in [5.41, 5.74) is 9.40. The summed E-state index contributed by atoms with van der Waals surface area (Å²) in [4.78, 5) is 53.7. The van der Waals surface area contributed by atoms with Crippen LogP contribution in [0.2, 0.25) is 0 Å². The maximum atomic E-state index is 13.5. The Kier molecular flexibility index (Phi) is 10.9. The van der Waals surface area contributed by atoms with Gasteiger partial charge in [0, 0.05) is 36.5 Å². The molecular weight excluding hydrogens is 562 g/mol. The Morgan fingerprint density at radius 3 is 2.77 bits per heavy atom. The first-order valence-electron chi connectivity index (χ1n) is 14.6. The predicted molar refractivity (Wildman–Crippen MR) is 172 cm³/mol. The van der Waals surface area contributed by atoms with Gasteiger partial charge in [0.1, 0.15) is 23.4 Å². The Labute approximate surface area is 256 Å². The highest BCUT2D eigenvalue weighted by Gasteiger charge is 2.31. The Hall–Kier alpha value is -4.25. The number of carbonyl (C=O) groups excluding carboxylic acids is 2. The van der Waals surface area contributed by atoms with Crippen LogP contribution < -0.4 is 21.9 Å². The molecule has 4 N–H and O–H groups in total. The van der Waals surface area contributed by atoms with E-state index in [-0.39, 0.29) is 16.5 Å². The van der Waals surface area contributed by atoms with Crippen molar-refractivity contribution < 1.29 is 9.59 Å². The number of nitrogens with one attached hydrogen (secondary N) is 2. The van der Waals surface area contributed by atoms with Crippen molar-refractivity contribution in [1.82, 2.24) is 24.8 Å². The highest BCUT2D eigenvalue weighted by molar-refractivity contribution is 8.04. The number of rotatable bonds is 13. The van der Waals surface area contributed by atoms with Crippen LogP contribution in [0.5, 0.6) is 0 Å². The fourth-order valence-corrected chi connectivity index (χ4v) is 5.80. The van der Waals surface area contributed by atoms with E-state index in [9.17, 15) is 14.4 Å². The molecule has 1 aliphatic heterocycles. The van der Waals surface area contributed by atoms with Crippen LogP contribution in [-0.2, 0) is 22.4 Å². The summed E-state index contributed by atoms with van der Waals surface area (Å²) in [7, 11) is 0.